The lowest BCUT2D eigenvalue weighted by molar-refractivity contribution is -0.115. The number of aromatic nitrogens is 2. The van der Waals surface area contributed by atoms with Crippen molar-refractivity contribution in [1.29, 1.82) is 0 Å². The van der Waals surface area contributed by atoms with E-state index in [1.807, 2.05) is 0 Å². The van der Waals surface area contributed by atoms with Crippen LogP contribution in [0.5, 0.6) is 0 Å². The standard InChI is InChI=1S/C16H19FN4OS/c17-13-6-4-12(5-7-13)10-14(22)18-16-20-19-15(23-16)11-21-8-2-1-3-9-21/h4-7H,1-3,8-11H2,(H,18,20,22). The first kappa shape index (κ1) is 16.0. The number of amides is 1. The molecule has 2 aromatic rings. The Morgan fingerprint density at radius 3 is 2.65 bits per heavy atom. The molecule has 1 saturated heterocycles. The Hall–Kier alpha value is -1.86. The van der Waals surface area contributed by atoms with E-state index < -0.39 is 0 Å². The molecule has 1 aromatic carbocycles. The van der Waals surface area contributed by atoms with Gasteiger partial charge >= 0.3 is 0 Å². The number of carbonyl (C=O) groups excluding carboxylic acids is 1. The van der Waals surface area contributed by atoms with E-state index in [-0.39, 0.29) is 18.1 Å². The minimum Gasteiger partial charge on any atom is -0.300 e. The Kier molecular flexibility index (Phi) is 5.30. The second-order valence-electron chi connectivity index (χ2n) is 5.69. The Morgan fingerprint density at radius 2 is 1.91 bits per heavy atom. The summed E-state index contributed by atoms with van der Waals surface area (Å²) in [5.41, 5.74) is 0.766. The molecule has 0 saturated carbocycles. The number of hydrogen-bond acceptors (Lipinski definition) is 5. The lowest BCUT2D eigenvalue weighted by Crippen LogP contribution is -2.28. The third kappa shape index (κ3) is 4.80. The Labute approximate surface area is 138 Å². The van der Waals surface area contributed by atoms with E-state index in [9.17, 15) is 9.18 Å². The summed E-state index contributed by atoms with van der Waals surface area (Å²) in [7, 11) is 0. The molecule has 23 heavy (non-hydrogen) atoms. The molecule has 1 fully saturated rings. The Morgan fingerprint density at radius 1 is 1.17 bits per heavy atom. The van der Waals surface area contributed by atoms with Gasteiger partial charge in [0.05, 0.1) is 13.0 Å². The maximum Gasteiger partial charge on any atom is 0.230 e. The van der Waals surface area contributed by atoms with Crippen molar-refractivity contribution in [3.63, 3.8) is 0 Å². The number of halogens is 1. The van der Waals surface area contributed by atoms with Crippen molar-refractivity contribution in [2.24, 2.45) is 0 Å². The predicted molar refractivity (Wildman–Crippen MR) is 87.8 cm³/mol. The third-order valence-corrected chi connectivity index (χ3v) is 4.62. The topological polar surface area (TPSA) is 58.1 Å². The zero-order chi connectivity index (χ0) is 16.1. The molecule has 0 atom stereocenters. The molecule has 0 aliphatic carbocycles. The molecule has 0 radical (unpaired) electrons. The van der Waals surface area contributed by atoms with Gasteiger partial charge in [0.1, 0.15) is 10.8 Å². The zero-order valence-electron chi connectivity index (χ0n) is 12.8. The van der Waals surface area contributed by atoms with E-state index in [1.165, 1.54) is 42.7 Å². The highest BCUT2D eigenvalue weighted by molar-refractivity contribution is 7.15. The molecule has 122 valence electrons. The Bertz CT molecular complexity index is 652. The van der Waals surface area contributed by atoms with Crippen LogP contribution in [0.25, 0.3) is 0 Å². The van der Waals surface area contributed by atoms with Gasteiger partial charge in [-0.05, 0) is 43.6 Å². The zero-order valence-corrected chi connectivity index (χ0v) is 13.6. The van der Waals surface area contributed by atoms with Crippen molar-refractivity contribution < 1.29 is 9.18 Å². The number of carbonyl (C=O) groups is 1. The minimum atomic E-state index is -0.305. The van der Waals surface area contributed by atoms with Crippen molar-refractivity contribution >= 4 is 22.4 Å². The second kappa shape index (κ2) is 7.61. The second-order valence-corrected chi connectivity index (χ2v) is 6.75. The van der Waals surface area contributed by atoms with E-state index >= 15 is 0 Å². The lowest BCUT2D eigenvalue weighted by Gasteiger charge is -2.24. The number of rotatable bonds is 5. The molecule has 3 rings (SSSR count). The van der Waals surface area contributed by atoms with Gasteiger partial charge in [-0.1, -0.05) is 29.9 Å². The number of benzene rings is 1. The average molecular weight is 334 g/mol. The molecule has 5 nitrogen and oxygen atoms in total. The quantitative estimate of drug-likeness (QED) is 0.913. The van der Waals surface area contributed by atoms with Crippen molar-refractivity contribution in [2.45, 2.75) is 32.2 Å². The molecule has 1 N–H and O–H groups in total. The van der Waals surface area contributed by atoms with E-state index in [0.29, 0.717) is 5.13 Å². The molecule has 1 aromatic heterocycles. The van der Waals surface area contributed by atoms with E-state index in [0.717, 1.165) is 30.2 Å². The fraction of sp³-hybridized carbons (Fsp3) is 0.438. The SMILES string of the molecule is O=C(Cc1ccc(F)cc1)Nc1nnc(CN2CCCCC2)s1. The van der Waals surface area contributed by atoms with Crippen molar-refractivity contribution in [1.82, 2.24) is 15.1 Å². The summed E-state index contributed by atoms with van der Waals surface area (Å²) >= 11 is 1.41. The first-order chi connectivity index (χ1) is 11.2. The molecule has 1 aliphatic rings. The number of nitrogens with zero attached hydrogens (tertiary/aromatic N) is 3. The van der Waals surface area contributed by atoms with Crippen molar-refractivity contribution in [2.75, 3.05) is 18.4 Å². The van der Waals surface area contributed by atoms with Crippen LogP contribution in [0.1, 0.15) is 29.8 Å². The molecule has 0 unspecified atom stereocenters. The van der Waals surface area contributed by atoms with Gasteiger partial charge in [0.25, 0.3) is 0 Å². The van der Waals surface area contributed by atoms with Gasteiger partial charge in [0.15, 0.2) is 0 Å². The van der Waals surface area contributed by atoms with E-state index in [2.05, 4.69) is 20.4 Å². The number of anilines is 1. The van der Waals surface area contributed by atoms with Gasteiger partial charge in [-0.25, -0.2) is 4.39 Å². The highest BCUT2D eigenvalue weighted by atomic mass is 32.1. The van der Waals surface area contributed by atoms with Crippen molar-refractivity contribution in [3.8, 4) is 0 Å². The molecular weight excluding hydrogens is 315 g/mol. The number of nitrogens with one attached hydrogen (secondary N) is 1. The summed E-state index contributed by atoms with van der Waals surface area (Å²) in [5.74, 6) is -0.474. The van der Waals surface area contributed by atoms with Crippen LogP contribution >= 0.6 is 11.3 Å². The summed E-state index contributed by atoms with van der Waals surface area (Å²) in [4.78, 5) is 14.4. The fourth-order valence-corrected chi connectivity index (χ4v) is 3.43. The predicted octanol–water partition coefficient (Wildman–Crippen LogP) is 2.84. The number of likely N-dealkylation sites (tertiary alicyclic amines) is 1. The van der Waals surface area contributed by atoms with Gasteiger partial charge in [0.2, 0.25) is 11.0 Å². The lowest BCUT2D eigenvalue weighted by atomic mass is 10.1. The molecule has 0 spiro atoms. The van der Waals surface area contributed by atoms with E-state index in [4.69, 9.17) is 0 Å². The number of piperidine rings is 1. The first-order valence-electron chi connectivity index (χ1n) is 7.78. The molecule has 1 amide bonds. The van der Waals surface area contributed by atoms with Crippen LogP contribution in [-0.2, 0) is 17.8 Å². The van der Waals surface area contributed by atoms with Crippen LogP contribution in [0.3, 0.4) is 0 Å². The summed E-state index contributed by atoms with van der Waals surface area (Å²) < 4.78 is 12.8. The highest BCUT2D eigenvalue weighted by Crippen LogP contribution is 2.19. The maximum absolute atomic E-state index is 12.8. The van der Waals surface area contributed by atoms with Crippen LogP contribution < -0.4 is 5.32 Å². The molecule has 0 bridgehead atoms. The van der Waals surface area contributed by atoms with Gasteiger partial charge in [-0.3, -0.25) is 9.69 Å². The minimum absolute atomic E-state index is 0.169. The van der Waals surface area contributed by atoms with Crippen LogP contribution in [0.4, 0.5) is 9.52 Å². The van der Waals surface area contributed by atoms with Crippen LogP contribution in [-0.4, -0.2) is 34.1 Å². The molecule has 1 aliphatic heterocycles. The normalized spacial score (nSPS) is 15.5. The van der Waals surface area contributed by atoms with Crippen LogP contribution in [0.2, 0.25) is 0 Å². The maximum atomic E-state index is 12.8. The van der Waals surface area contributed by atoms with Gasteiger partial charge < -0.3 is 5.32 Å². The highest BCUT2D eigenvalue weighted by Gasteiger charge is 2.14. The van der Waals surface area contributed by atoms with Gasteiger partial charge in [-0.15, -0.1) is 10.2 Å². The fourth-order valence-electron chi connectivity index (χ4n) is 2.63. The smallest absolute Gasteiger partial charge is 0.230 e. The van der Waals surface area contributed by atoms with Crippen LogP contribution in [0, 0.1) is 5.82 Å². The van der Waals surface area contributed by atoms with Gasteiger partial charge in [-0.2, -0.15) is 0 Å². The van der Waals surface area contributed by atoms with Gasteiger partial charge in [0, 0.05) is 0 Å². The third-order valence-electron chi connectivity index (χ3n) is 3.80. The monoisotopic (exact) mass is 334 g/mol. The van der Waals surface area contributed by atoms with Crippen LogP contribution in [0.15, 0.2) is 24.3 Å². The summed E-state index contributed by atoms with van der Waals surface area (Å²) in [6, 6.07) is 5.92. The first-order valence-corrected chi connectivity index (χ1v) is 8.60. The number of hydrogen-bond donors (Lipinski definition) is 1. The molecule has 7 heteroatoms. The average Bonchev–Trinajstić information content (AvgIpc) is 2.97. The molecule has 2 heterocycles. The van der Waals surface area contributed by atoms with Crippen molar-refractivity contribution in [3.05, 3.63) is 40.7 Å². The van der Waals surface area contributed by atoms with E-state index in [1.54, 1.807) is 12.1 Å². The summed E-state index contributed by atoms with van der Waals surface area (Å²) in [5, 5.41) is 12.4. The summed E-state index contributed by atoms with van der Waals surface area (Å²) in [6.45, 7) is 3.00. The Balaban J connectivity index is 1.51. The summed E-state index contributed by atoms with van der Waals surface area (Å²) in [6.07, 6.45) is 3.97. The molecular formula is C16H19FN4OS. The largest absolute Gasteiger partial charge is 0.300 e.